The molecule has 1 heterocycles. The summed E-state index contributed by atoms with van der Waals surface area (Å²) in [5.41, 5.74) is 1.85. The fraction of sp³-hybridized carbons (Fsp3) is 0.200. The Morgan fingerprint density at radius 2 is 1.89 bits per heavy atom. The van der Waals surface area contributed by atoms with Gasteiger partial charge in [-0.15, -0.1) is 0 Å². The lowest BCUT2D eigenvalue weighted by Crippen LogP contribution is -2.17. The zero-order chi connectivity index (χ0) is 13.8. The number of carbonyl (C=O) groups is 1. The van der Waals surface area contributed by atoms with Crippen LogP contribution in [0.2, 0.25) is 0 Å². The van der Waals surface area contributed by atoms with E-state index in [4.69, 9.17) is 0 Å². The second kappa shape index (κ2) is 5.97. The van der Waals surface area contributed by atoms with Crippen LogP contribution in [0.4, 0.5) is 5.82 Å². The third-order valence-electron chi connectivity index (χ3n) is 2.88. The van der Waals surface area contributed by atoms with Crippen LogP contribution in [0.1, 0.15) is 22.8 Å². The van der Waals surface area contributed by atoms with E-state index in [1.807, 2.05) is 36.2 Å². The Hall–Kier alpha value is -1.68. The summed E-state index contributed by atoms with van der Waals surface area (Å²) >= 11 is 3.42. The number of hydrogen-bond donors (Lipinski definition) is 0. The minimum Gasteiger partial charge on any atom is -0.355 e. The lowest BCUT2D eigenvalue weighted by Gasteiger charge is -2.18. The van der Waals surface area contributed by atoms with Gasteiger partial charge in [0.2, 0.25) is 0 Å². The third-order valence-corrected chi connectivity index (χ3v) is 3.41. The van der Waals surface area contributed by atoms with Gasteiger partial charge < -0.3 is 4.90 Å². The van der Waals surface area contributed by atoms with Gasteiger partial charge in [0, 0.05) is 29.8 Å². The maximum Gasteiger partial charge on any atom is 0.161 e. The fourth-order valence-electron chi connectivity index (χ4n) is 1.76. The molecular weight excluding hydrogens is 304 g/mol. The summed E-state index contributed by atoms with van der Waals surface area (Å²) in [4.78, 5) is 17.5. The summed E-state index contributed by atoms with van der Waals surface area (Å²) in [6.45, 7) is 2.32. The molecule has 0 spiro atoms. The molecule has 0 saturated carbocycles. The average Bonchev–Trinajstić information content (AvgIpc) is 2.41. The number of ketones is 1. The van der Waals surface area contributed by atoms with Crippen molar-refractivity contribution in [3.8, 4) is 0 Å². The van der Waals surface area contributed by atoms with Crippen LogP contribution < -0.4 is 4.90 Å². The van der Waals surface area contributed by atoms with Gasteiger partial charge in [-0.05, 0) is 36.8 Å². The van der Waals surface area contributed by atoms with Gasteiger partial charge in [-0.1, -0.05) is 28.1 Å². The number of nitrogens with zero attached hydrogens (tertiary/aromatic N) is 2. The van der Waals surface area contributed by atoms with E-state index in [1.54, 1.807) is 13.1 Å². The lowest BCUT2D eigenvalue weighted by atomic mass is 10.2. The Morgan fingerprint density at radius 1 is 1.21 bits per heavy atom. The number of pyridine rings is 1. The number of rotatable bonds is 4. The molecule has 4 heteroatoms. The Labute approximate surface area is 121 Å². The van der Waals surface area contributed by atoms with Crippen LogP contribution in [-0.4, -0.2) is 17.8 Å². The van der Waals surface area contributed by atoms with Gasteiger partial charge in [-0.25, -0.2) is 4.98 Å². The highest BCUT2D eigenvalue weighted by molar-refractivity contribution is 9.10. The van der Waals surface area contributed by atoms with E-state index in [9.17, 15) is 4.79 Å². The molecule has 3 nitrogen and oxygen atoms in total. The minimum atomic E-state index is 0.0367. The van der Waals surface area contributed by atoms with Gasteiger partial charge in [0.15, 0.2) is 5.78 Å². The van der Waals surface area contributed by atoms with Crippen molar-refractivity contribution in [2.45, 2.75) is 13.5 Å². The highest BCUT2D eigenvalue weighted by Crippen LogP contribution is 2.15. The first-order valence-corrected chi connectivity index (χ1v) is 6.78. The van der Waals surface area contributed by atoms with Crippen molar-refractivity contribution in [2.75, 3.05) is 11.9 Å². The SMILES string of the molecule is CC(=O)c1ccc(N(C)Cc2ccc(Br)cc2)nc1. The molecule has 0 atom stereocenters. The molecule has 0 fully saturated rings. The summed E-state index contributed by atoms with van der Waals surface area (Å²) in [5, 5.41) is 0. The van der Waals surface area contributed by atoms with E-state index in [0.29, 0.717) is 5.56 Å². The molecule has 0 aliphatic heterocycles. The molecule has 98 valence electrons. The fourth-order valence-corrected chi connectivity index (χ4v) is 2.03. The molecule has 2 rings (SSSR count). The normalized spacial score (nSPS) is 10.3. The number of hydrogen-bond acceptors (Lipinski definition) is 3. The van der Waals surface area contributed by atoms with Crippen molar-refractivity contribution in [3.63, 3.8) is 0 Å². The molecule has 2 aromatic rings. The number of anilines is 1. The highest BCUT2D eigenvalue weighted by Gasteiger charge is 2.05. The Bertz CT molecular complexity index is 564. The molecule has 19 heavy (non-hydrogen) atoms. The van der Waals surface area contributed by atoms with E-state index >= 15 is 0 Å². The molecule has 0 aliphatic carbocycles. The van der Waals surface area contributed by atoms with Crippen molar-refractivity contribution < 1.29 is 4.79 Å². The lowest BCUT2D eigenvalue weighted by molar-refractivity contribution is 0.101. The molecule has 0 unspecified atom stereocenters. The molecule has 1 aromatic heterocycles. The average molecular weight is 319 g/mol. The molecule has 0 radical (unpaired) electrons. The molecule has 1 aromatic carbocycles. The first-order valence-electron chi connectivity index (χ1n) is 5.99. The second-order valence-corrected chi connectivity index (χ2v) is 5.36. The summed E-state index contributed by atoms with van der Waals surface area (Å²) < 4.78 is 1.07. The van der Waals surface area contributed by atoms with Crippen LogP contribution in [0.5, 0.6) is 0 Å². The molecule has 0 aliphatic rings. The smallest absolute Gasteiger partial charge is 0.161 e. The maximum absolute atomic E-state index is 11.2. The summed E-state index contributed by atoms with van der Waals surface area (Å²) in [6, 6.07) is 11.9. The number of Topliss-reactive ketones (excluding diaryl/α,β-unsaturated/α-hetero) is 1. The van der Waals surface area contributed by atoms with Gasteiger partial charge >= 0.3 is 0 Å². The topological polar surface area (TPSA) is 33.2 Å². The van der Waals surface area contributed by atoms with Crippen LogP contribution in [-0.2, 0) is 6.54 Å². The number of carbonyl (C=O) groups excluding carboxylic acids is 1. The largest absolute Gasteiger partial charge is 0.355 e. The van der Waals surface area contributed by atoms with E-state index in [-0.39, 0.29) is 5.78 Å². The molecule has 0 N–H and O–H groups in total. The molecule has 0 amide bonds. The summed E-state index contributed by atoms with van der Waals surface area (Å²) in [6.07, 6.45) is 1.62. The Kier molecular flexibility index (Phi) is 4.32. The predicted molar refractivity (Wildman–Crippen MR) is 80.5 cm³/mol. The molecule has 0 saturated heterocycles. The van der Waals surface area contributed by atoms with E-state index in [0.717, 1.165) is 16.8 Å². The van der Waals surface area contributed by atoms with Gasteiger partial charge in [-0.2, -0.15) is 0 Å². The van der Waals surface area contributed by atoms with Crippen molar-refractivity contribution in [2.24, 2.45) is 0 Å². The van der Waals surface area contributed by atoms with Crippen molar-refractivity contribution in [1.82, 2.24) is 4.98 Å². The van der Waals surface area contributed by atoms with Crippen molar-refractivity contribution in [1.29, 1.82) is 0 Å². The van der Waals surface area contributed by atoms with Gasteiger partial charge in [0.1, 0.15) is 5.82 Å². The first-order chi connectivity index (χ1) is 9.06. The number of halogens is 1. The number of benzene rings is 1. The van der Waals surface area contributed by atoms with Gasteiger partial charge in [-0.3, -0.25) is 4.79 Å². The summed E-state index contributed by atoms with van der Waals surface area (Å²) in [5.74, 6) is 0.891. The molecule has 0 bridgehead atoms. The van der Waals surface area contributed by atoms with Gasteiger partial charge in [0.25, 0.3) is 0 Å². The second-order valence-electron chi connectivity index (χ2n) is 4.44. The van der Waals surface area contributed by atoms with Crippen LogP contribution in [0.25, 0.3) is 0 Å². The minimum absolute atomic E-state index is 0.0367. The maximum atomic E-state index is 11.2. The zero-order valence-electron chi connectivity index (χ0n) is 10.9. The zero-order valence-corrected chi connectivity index (χ0v) is 12.5. The van der Waals surface area contributed by atoms with Gasteiger partial charge in [0.05, 0.1) is 0 Å². The van der Waals surface area contributed by atoms with Crippen LogP contribution in [0.15, 0.2) is 47.1 Å². The molecular formula is C15H15BrN2O. The van der Waals surface area contributed by atoms with Crippen molar-refractivity contribution in [3.05, 3.63) is 58.2 Å². The first kappa shape index (κ1) is 13.7. The summed E-state index contributed by atoms with van der Waals surface area (Å²) in [7, 11) is 1.98. The van der Waals surface area contributed by atoms with E-state index < -0.39 is 0 Å². The predicted octanol–water partition coefficient (Wildman–Crippen LogP) is 3.68. The number of aromatic nitrogens is 1. The van der Waals surface area contributed by atoms with E-state index in [1.165, 1.54) is 5.56 Å². The quantitative estimate of drug-likeness (QED) is 0.806. The third kappa shape index (κ3) is 3.64. The van der Waals surface area contributed by atoms with Crippen LogP contribution >= 0.6 is 15.9 Å². The Balaban J connectivity index is 2.09. The van der Waals surface area contributed by atoms with Crippen molar-refractivity contribution >= 4 is 27.5 Å². The Morgan fingerprint density at radius 3 is 2.42 bits per heavy atom. The standard InChI is InChI=1S/C15H15BrN2O/c1-11(19)13-5-8-15(17-9-13)18(2)10-12-3-6-14(16)7-4-12/h3-9H,10H2,1-2H3. The monoisotopic (exact) mass is 318 g/mol. The van der Waals surface area contributed by atoms with Crippen LogP contribution in [0, 0.1) is 0 Å². The highest BCUT2D eigenvalue weighted by atomic mass is 79.9. The van der Waals surface area contributed by atoms with E-state index in [2.05, 4.69) is 33.0 Å². The van der Waals surface area contributed by atoms with Crippen LogP contribution in [0.3, 0.4) is 0 Å².